The molecule has 0 saturated carbocycles. The van der Waals surface area contributed by atoms with Crippen molar-refractivity contribution >= 4 is 35.1 Å². The molecule has 0 unspecified atom stereocenters. The molecule has 6 rings (SSSR count). The molecule has 16 nitrogen and oxygen atoms in total. The maximum atomic E-state index is 13.6. The summed E-state index contributed by atoms with van der Waals surface area (Å²) in [5, 5.41) is 0. The minimum atomic E-state index is -0.644. The fraction of sp³-hybridized carbons (Fsp3) is 0.192. The molecule has 2 amide bonds. The molecule has 0 aliphatic heterocycles. The molecule has 350 valence electrons. The van der Waals surface area contributed by atoms with E-state index in [1.54, 1.807) is 86.9 Å². The van der Waals surface area contributed by atoms with E-state index in [0.29, 0.717) is 45.5 Å². The normalized spacial score (nSPS) is 10.3. The van der Waals surface area contributed by atoms with Gasteiger partial charge in [0.1, 0.15) is 34.5 Å². The quantitative estimate of drug-likeness (QED) is 0.0518. The fourth-order valence-corrected chi connectivity index (χ4v) is 6.83. The zero-order valence-electron chi connectivity index (χ0n) is 39.0. The number of hydrogen-bond donors (Lipinski definition) is 0. The number of esters is 2. The molecule has 0 aliphatic rings. The molecule has 0 saturated heterocycles. The second-order valence-electron chi connectivity index (χ2n) is 14.4. The Morgan fingerprint density at radius 1 is 0.368 bits per heavy atom. The van der Waals surface area contributed by atoms with E-state index < -0.39 is 23.8 Å². The minimum absolute atomic E-state index is 0.191. The monoisotopic (exact) mass is 924 g/mol. The van der Waals surface area contributed by atoms with Crippen molar-refractivity contribution in [1.29, 1.82) is 0 Å². The Bertz CT molecular complexity index is 2710. The van der Waals surface area contributed by atoms with Gasteiger partial charge in [0.05, 0.1) is 90.5 Å². The van der Waals surface area contributed by atoms with Gasteiger partial charge >= 0.3 is 11.9 Å². The molecular weight excluding hydrogens is 877 g/mol. The van der Waals surface area contributed by atoms with Gasteiger partial charge in [0, 0.05) is 49.5 Å². The lowest BCUT2D eigenvalue weighted by molar-refractivity contribution is 0.0725. The highest BCUT2D eigenvalue weighted by Crippen LogP contribution is 2.39. The average Bonchev–Trinajstić information content (AvgIpc) is 3.38. The molecular formula is C52H48N2O14. The van der Waals surface area contributed by atoms with Gasteiger partial charge in [0.25, 0.3) is 11.8 Å². The zero-order valence-corrected chi connectivity index (χ0v) is 39.0. The number of anilines is 2. The van der Waals surface area contributed by atoms with E-state index in [4.69, 9.17) is 47.4 Å². The topological polar surface area (TPSA) is 167 Å². The van der Waals surface area contributed by atoms with Gasteiger partial charge in [-0.05, 0) is 84.9 Å². The maximum Gasteiger partial charge on any atom is 0.343 e. The number of nitrogens with zero attached hydrogens (tertiary/aromatic N) is 2. The van der Waals surface area contributed by atoms with Crippen LogP contribution in [0.3, 0.4) is 0 Å². The van der Waals surface area contributed by atoms with Crippen LogP contribution in [0.2, 0.25) is 0 Å². The molecule has 6 aromatic carbocycles. The van der Waals surface area contributed by atoms with Crippen LogP contribution in [0.15, 0.2) is 109 Å². The van der Waals surface area contributed by atoms with E-state index in [1.807, 2.05) is 0 Å². The van der Waals surface area contributed by atoms with Gasteiger partial charge in [-0.2, -0.15) is 0 Å². The SMILES string of the molecule is COc1cc(OC)c(C(=O)N(C)c2ccc(C(=O)Oc3ccc(C#Cc4ccc(OC(=O)c5ccc(N(C)C(=O)c6cc(OC)c(OC)cc6OC)c(OC)c5)cc4)cc3)cc2OC)cc1OC. The lowest BCUT2D eigenvalue weighted by Crippen LogP contribution is -2.27. The first-order valence-corrected chi connectivity index (χ1v) is 20.5. The van der Waals surface area contributed by atoms with Crippen LogP contribution in [0, 0.1) is 11.8 Å². The van der Waals surface area contributed by atoms with Crippen LogP contribution >= 0.6 is 0 Å². The van der Waals surface area contributed by atoms with Crippen molar-refractivity contribution in [1.82, 2.24) is 0 Å². The number of ether oxygens (including phenoxy) is 10. The van der Waals surface area contributed by atoms with Gasteiger partial charge < -0.3 is 57.2 Å². The van der Waals surface area contributed by atoms with Gasteiger partial charge in [0.15, 0.2) is 23.0 Å². The summed E-state index contributed by atoms with van der Waals surface area (Å²) in [5.41, 5.74) is 2.92. The standard InChI is InChI=1S/C52H48N2O14/c1-53(49(55)37-27-45(63-7)47(65-9)29-41(37)59-3)39-23-17-33(25-43(39)61-5)51(57)67-35-19-13-31(14-20-35)11-12-32-15-21-36(22-16-32)68-52(58)34-18-24-40(44(26-34)62-6)54(2)50(56)38-28-46(64-8)48(66-10)30-42(38)60-4/h13-30H,1-10H3. The fourth-order valence-electron chi connectivity index (χ4n) is 6.83. The molecule has 0 fully saturated rings. The summed E-state index contributed by atoms with van der Waals surface area (Å²) >= 11 is 0. The van der Waals surface area contributed by atoms with E-state index in [1.165, 1.54) is 103 Å². The molecule has 16 heteroatoms. The van der Waals surface area contributed by atoms with Gasteiger partial charge in [-0.1, -0.05) is 11.8 Å². The third-order valence-corrected chi connectivity index (χ3v) is 10.5. The smallest absolute Gasteiger partial charge is 0.343 e. The summed E-state index contributed by atoms with van der Waals surface area (Å²) in [5.74, 6) is 7.15. The number of hydrogen-bond acceptors (Lipinski definition) is 14. The number of carbonyl (C=O) groups excluding carboxylic acids is 4. The molecule has 68 heavy (non-hydrogen) atoms. The lowest BCUT2D eigenvalue weighted by Gasteiger charge is -2.22. The average molecular weight is 925 g/mol. The van der Waals surface area contributed by atoms with Gasteiger partial charge in [-0.15, -0.1) is 0 Å². The van der Waals surface area contributed by atoms with E-state index >= 15 is 0 Å². The first-order valence-electron chi connectivity index (χ1n) is 20.5. The van der Waals surface area contributed by atoms with E-state index in [9.17, 15) is 19.2 Å². The second-order valence-corrected chi connectivity index (χ2v) is 14.4. The van der Waals surface area contributed by atoms with Crippen LogP contribution in [0.25, 0.3) is 0 Å². The number of benzene rings is 6. The van der Waals surface area contributed by atoms with Gasteiger partial charge in [-0.3, -0.25) is 9.59 Å². The zero-order chi connectivity index (χ0) is 49.1. The summed E-state index contributed by atoms with van der Waals surface area (Å²) < 4.78 is 54.7. The predicted octanol–water partition coefficient (Wildman–Crippen LogP) is 8.15. The van der Waals surface area contributed by atoms with E-state index in [2.05, 4.69) is 11.8 Å². The van der Waals surface area contributed by atoms with Gasteiger partial charge in [0.2, 0.25) is 0 Å². The van der Waals surface area contributed by atoms with Crippen LogP contribution in [0.4, 0.5) is 11.4 Å². The van der Waals surface area contributed by atoms with Crippen molar-refractivity contribution in [3.63, 3.8) is 0 Å². The third kappa shape index (κ3) is 10.6. The second kappa shape index (κ2) is 21.9. The van der Waals surface area contributed by atoms with Crippen molar-refractivity contribution in [2.75, 3.05) is 80.8 Å². The van der Waals surface area contributed by atoms with Crippen LogP contribution in [-0.4, -0.2) is 94.7 Å². The molecule has 0 heterocycles. The third-order valence-electron chi connectivity index (χ3n) is 10.5. The number of rotatable bonds is 16. The van der Waals surface area contributed by atoms with Crippen molar-refractivity contribution in [2.45, 2.75) is 0 Å². The number of carbonyl (C=O) groups is 4. The molecule has 0 aromatic heterocycles. The highest BCUT2D eigenvalue weighted by atomic mass is 16.5. The first kappa shape index (κ1) is 48.6. The largest absolute Gasteiger partial charge is 0.496 e. The highest BCUT2D eigenvalue weighted by Gasteiger charge is 2.26. The number of methoxy groups -OCH3 is 8. The maximum absolute atomic E-state index is 13.6. The van der Waals surface area contributed by atoms with E-state index in [-0.39, 0.29) is 56.8 Å². The summed E-state index contributed by atoms with van der Waals surface area (Å²) in [7, 11) is 14.8. The summed E-state index contributed by atoms with van der Waals surface area (Å²) in [6.45, 7) is 0. The Hall–Kier alpha value is -8.84. The Balaban J connectivity index is 1.06. The summed E-state index contributed by atoms with van der Waals surface area (Å²) in [6, 6.07) is 28.7. The summed E-state index contributed by atoms with van der Waals surface area (Å²) in [4.78, 5) is 56.4. The van der Waals surface area contributed by atoms with Gasteiger partial charge in [-0.25, -0.2) is 9.59 Å². The molecule has 0 aliphatic carbocycles. The van der Waals surface area contributed by atoms with Crippen molar-refractivity contribution in [2.24, 2.45) is 0 Å². The molecule has 0 bridgehead atoms. The molecule has 0 N–H and O–H groups in total. The first-order chi connectivity index (χ1) is 32.8. The van der Waals surface area contributed by atoms with Crippen molar-refractivity contribution < 1.29 is 66.5 Å². The van der Waals surface area contributed by atoms with Crippen molar-refractivity contribution in [3.05, 3.63) is 143 Å². The van der Waals surface area contributed by atoms with Crippen LogP contribution in [-0.2, 0) is 0 Å². The van der Waals surface area contributed by atoms with Crippen LogP contribution < -0.4 is 57.2 Å². The molecule has 0 spiro atoms. The number of amides is 2. The predicted molar refractivity (Wildman–Crippen MR) is 252 cm³/mol. The highest BCUT2D eigenvalue weighted by molar-refractivity contribution is 6.10. The Morgan fingerprint density at radius 3 is 0.985 bits per heavy atom. The lowest BCUT2D eigenvalue weighted by atomic mass is 10.1. The summed E-state index contributed by atoms with van der Waals surface area (Å²) in [6.07, 6.45) is 0. The Kier molecular flexibility index (Phi) is 15.7. The van der Waals surface area contributed by atoms with E-state index in [0.717, 1.165) is 0 Å². The molecule has 0 radical (unpaired) electrons. The van der Waals surface area contributed by atoms with Crippen LogP contribution in [0.1, 0.15) is 52.6 Å². The molecule has 0 atom stereocenters. The minimum Gasteiger partial charge on any atom is -0.496 e. The van der Waals surface area contributed by atoms with Crippen LogP contribution in [0.5, 0.6) is 57.5 Å². The Morgan fingerprint density at radius 2 is 0.676 bits per heavy atom. The molecule has 6 aromatic rings. The Labute approximate surface area is 393 Å². The van der Waals surface area contributed by atoms with Crippen molar-refractivity contribution in [3.8, 4) is 69.3 Å².